The molecule has 0 unspecified atom stereocenters. The van der Waals surface area contributed by atoms with Crippen molar-refractivity contribution in [3.8, 4) is 0 Å². The second kappa shape index (κ2) is 15.2. The third-order valence-corrected chi connectivity index (χ3v) is 6.65. The zero-order valence-corrected chi connectivity index (χ0v) is 25.3. The lowest BCUT2D eigenvalue weighted by Gasteiger charge is -2.07. The lowest BCUT2D eigenvalue weighted by Crippen LogP contribution is -2.01. The maximum atomic E-state index is 11.6. The van der Waals surface area contributed by atoms with E-state index in [1.165, 1.54) is 122 Å². The molecule has 5 aromatic rings. The summed E-state index contributed by atoms with van der Waals surface area (Å²) in [7, 11) is 0. The molecule has 0 spiro atoms. The van der Waals surface area contributed by atoms with Gasteiger partial charge in [-0.05, 0) is 137 Å². The first kappa shape index (κ1) is 33.6. The van der Waals surface area contributed by atoms with Gasteiger partial charge in [0.25, 0.3) is 0 Å². The maximum absolute atomic E-state index is 11.6. The van der Waals surface area contributed by atoms with Crippen LogP contribution in [0.25, 0.3) is 48.6 Å². The molecular weight excluding hydrogens is 652 g/mol. The van der Waals surface area contributed by atoms with Gasteiger partial charge in [0.1, 0.15) is 24.8 Å². The Hall–Kier alpha value is -7.76. The first-order chi connectivity index (χ1) is 24.1. The molecule has 246 valence electrons. The largest absolute Gasteiger partial charge is 0.370 e. The molecule has 0 aliphatic heterocycles. The second-order valence-corrected chi connectivity index (χ2v) is 9.79. The highest BCUT2D eigenvalue weighted by Gasteiger charge is 2.17. The highest BCUT2D eigenvalue weighted by Crippen LogP contribution is 2.25. The van der Waals surface area contributed by atoms with E-state index in [1.54, 1.807) is 0 Å². The van der Waals surface area contributed by atoms with Crippen LogP contribution in [-0.2, 0) is 0 Å². The third-order valence-electron chi connectivity index (χ3n) is 6.65. The Bertz CT molecular complexity index is 1960. The Morgan fingerprint density at radius 2 is 0.600 bits per heavy atom. The average Bonchev–Trinajstić information content (AvgIpc) is 3.12. The molecule has 0 aromatic carbocycles. The zero-order chi connectivity index (χ0) is 35.6. The summed E-state index contributed by atoms with van der Waals surface area (Å²) in [6.07, 6.45) is 16.2. The monoisotopic (exact) mass is 672 g/mol. The van der Waals surface area contributed by atoms with Crippen molar-refractivity contribution < 1.29 is 19.7 Å². The zero-order valence-electron chi connectivity index (χ0n) is 25.3. The molecule has 18 heteroatoms. The van der Waals surface area contributed by atoms with E-state index >= 15 is 0 Å². The van der Waals surface area contributed by atoms with Crippen LogP contribution in [0.4, 0.5) is 23.3 Å². The fourth-order valence-electron chi connectivity index (χ4n) is 4.42. The van der Waals surface area contributed by atoms with Crippen molar-refractivity contribution >= 4 is 71.9 Å². The Balaban J connectivity index is 1.73. The van der Waals surface area contributed by atoms with Crippen LogP contribution in [0.15, 0.2) is 73.3 Å². The Morgan fingerprint density at radius 3 is 0.800 bits per heavy atom. The topological polar surface area (TPSA) is 250 Å². The number of hydrogen-bond donors (Lipinski definition) is 0. The van der Waals surface area contributed by atoms with E-state index in [9.17, 15) is 40.5 Å². The molecule has 50 heavy (non-hydrogen) atoms. The van der Waals surface area contributed by atoms with Gasteiger partial charge in [0.2, 0.25) is 0 Å². The first-order valence-corrected chi connectivity index (χ1v) is 14.1. The van der Waals surface area contributed by atoms with E-state index in [0.29, 0.717) is 0 Å². The average molecular weight is 673 g/mol. The lowest BCUT2D eigenvalue weighted by atomic mass is 10.1. The smallest absolute Gasteiger partial charge is 0.358 e. The van der Waals surface area contributed by atoms with Crippen LogP contribution in [-0.4, -0.2) is 49.6 Å². The van der Waals surface area contributed by atoms with Gasteiger partial charge in [0, 0.05) is 0 Å². The number of nitro groups is 4. The summed E-state index contributed by atoms with van der Waals surface area (Å²) in [6, 6.07) is 11.9. The maximum Gasteiger partial charge on any atom is 0.370 e. The minimum Gasteiger partial charge on any atom is -0.358 e. The minimum absolute atomic E-state index is 0.121. The predicted octanol–water partition coefficient (Wildman–Crippen LogP) is 6.37. The molecule has 5 rings (SSSR count). The Morgan fingerprint density at radius 1 is 0.380 bits per heavy atom. The van der Waals surface area contributed by atoms with Gasteiger partial charge in [-0.2, -0.15) is 0 Å². The van der Waals surface area contributed by atoms with Crippen LogP contribution in [0.3, 0.4) is 0 Å². The van der Waals surface area contributed by atoms with E-state index in [-0.39, 0.29) is 45.0 Å². The van der Waals surface area contributed by atoms with Crippen LogP contribution in [0.5, 0.6) is 0 Å². The van der Waals surface area contributed by atoms with Gasteiger partial charge < -0.3 is 40.5 Å². The summed E-state index contributed by atoms with van der Waals surface area (Å²) in [6.45, 7) is 0. The van der Waals surface area contributed by atoms with Crippen molar-refractivity contribution in [2.24, 2.45) is 0 Å². The lowest BCUT2D eigenvalue weighted by molar-refractivity contribution is -0.389. The van der Waals surface area contributed by atoms with Gasteiger partial charge >= 0.3 is 23.3 Å². The van der Waals surface area contributed by atoms with Gasteiger partial charge in [0.05, 0.1) is 45.0 Å². The summed E-state index contributed by atoms with van der Waals surface area (Å²) < 4.78 is 0. The molecule has 0 saturated carbocycles. The minimum atomic E-state index is -0.659. The molecule has 0 aliphatic rings. The second-order valence-electron chi connectivity index (χ2n) is 9.79. The van der Waals surface area contributed by atoms with Crippen molar-refractivity contribution in [1.82, 2.24) is 29.9 Å². The number of pyridine rings is 4. The van der Waals surface area contributed by atoms with Crippen LogP contribution in [0, 0.1) is 40.5 Å². The molecule has 0 N–H and O–H groups in total. The Labute approximate surface area is 280 Å². The molecule has 0 saturated heterocycles. The summed E-state index contributed by atoms with van der Waals surface area (Å²) in [5.41, 5.74) is 1.01. The van der Waals surface area contributed by atoms with Gasteiger partial charge in [-0.3, -0.25) is 0 Å². The number of nitrogens with zero attached hydrogens (tertiary/aromatic N) is 10. The van der Waals surface area contributed by atoms with Crippen molar-refractivity contribution in [2.75, 3.05) is 0 Å². The molecule has 0 radical (unpaired) electrons. The summed E-state index contributed by atoms with van der Waals surface area (Å²) >= 11 is 0. The van der Waals surface area contributed by atoms with Gasteiger partial charge in [0.15, 0.2) is 0 Å². The highest BCUT2D eigenvalue weighted by molar-refractivity contribution is 5.83. The molecule has 0 fully saturated rings. The first-order valence-electron chi connectivity index (χ1n) is 14.1. The Kier molecular flexibility index (Phi) is 10.2. The number of hydrogen-bond acceptors (Lipinski definition) is 14. The molecule has 0 bridgehead atoms. The van der Waals surface area contributed by atoms with Crippen LogP contribution in [0.1, 0.15) is 45.0 Å². The SMILES string of the molecule is O=[N+]([O-])c1ncccc1C=Cc1nc(C=Cc2cccnc2[N+](=O)[O-])c(C=Cc2cccnc2[N+](=O)[O-])nc1C=Cc1cccnc1[N+](=O)[O-]. The van der Waals surface area contributed by atoms with E-state index in [1.807, 2.05) is 0 Å². The highest BCUT2D eigenvalue weighted by atomic mass is 16.6. The van der Waals surface area contributed by atoms with Gasteiger partial charge in [-0.15, -0.1) is 0 Å². The fraction of sp³-hybridized carbons (Fsp3) is 0. The molecule has 5 heterocycles. The van der Waals surface area contributed by atoms with E-state index in [2.05, 4.69) is 29.9 Å². The molecule has 0 atom stereocenters. The number of rotatable bonds is 12. The predicted molar refractivity (Wildman–Crippen MR) is 181 cm³/mol. The molecule has 18 nitrogen and oxygen atoms in total. The van der Waals surface area contributed by atoms with Crippen LogP contribution < -0.4 is 0 Å². The van der Waals surface area contributed by atoms with E-state index in [4.69, 9.17) is 0 Å². The van der Waals surface area contributed by atoms with E-state index < -0.39 is 43.0 Å². The molecule has 0 amide bonds. The van der Waals surface area contributed by atoms with Crippen molar-refractivity contribution in [3.63, 3.8) is 0 Å². The van der Waals surface area contributed by atoms with Gasteiger partial charge in [-0.1, -0.05) is 0 Å². The quantitative estimate of drug-likeness (QED) is 0.103. The molecule has 5 aromatic heterocycles. The molecular formula is C32H20N10O8. The van der Waals surface area contributed by atoms with Crippen LogP contribution in [0.2, 0.25) is 0 Å². The van der Waals surface area contributed by atoms with Crippen LogP contribution >= 0.6 is 0 Å². The third kappa shape index (κ3) is 7.96. The van der Waals surface area contributed by atoms with Crippen molar-refractivity contribution in [2.45, 2.75) is 0 Å². The molecule has 0 aliphatic carbocycles. The van der Waals surface area contributed by atoms with E-state index in [0.717, 1.165) is 0 Å². The number of aromatic nitrogens is 6. The normalized spacial score (nSPS) is 11.5. The summed E-state index contributed by atoms with van der Waals surface area (Å²) in [5, 5.41) is 46.4. The van der Waals surface area contributed by atoms with Crippen molar-refractivity contribution in [1.29, 1.82) is 0 Å². The van der Waals surface area contributed by atoms with Crippen molar-refractivity contribution in [3.05, 3.63) is 159 Å². The standard InChI is InChI=1S/C32H20N10O8/c43-39(44)29-21(5-1-17-33-29)9-13-25-26(14-10-22-6-2-18-34-30(22)40(45)46)38-28(16-12-24-8-4-20-36-32(24)42(49)50)27(37-25)15-11-23-7-3-19-35-31(23)41(47)48/h1-20H. The summed E-state index contributed by atoms with van der Waals surface area (Å²) in [5.74, 6) is -1.72. The fourth-order valence-corrected chi connectivity index (χ4v) is 4.42. The summed E-state index contributed by atoms with van der Waals surface area (Å²) in [4.78, 5) is 68.3. The van der Waals surface area contributed by atoms with Gasteiger partial charge in [-0.25, -0.2) is 9.97 Å².